The Balaban J connectivity index is 1.46. The maximum atomic E-state index is 13.2. The molecule has 0 fully saturated rings. The minimum Gasteiger partial charge on any atom is -0.345 e. The highest BCUT2D eigenvalue weighted by molar-refractivity contribution is 5.86. The number of hydrogen-bond donors (Lipinski definition) is 1. The van der Waals surface area contributed by atoms with Gasteiger partial charge < -0.3 is 9.47 Å². The lowest BCUT2D eigenvalue weighted by Crippen LogP contribution is -2.36. The number of fused-ring (bicyclic) bond motifs is 1. The first-order chi connectivity index (χ1) is 17.0. The van der Waals surface area contributed by atoms with Crippen LogP contribution in [0.3, 0.4) is 0 Å². The Labute approximate surface area is 207 Å². The molecule has 4 rings (SSSR count). The van der Waals surface area contributed by atoms with Gasteiger partial charge in [0.05, 0.1) is 6.20 Å². The van der Waals surface area contributed by atoms with Crippen LogP contribution in [0, 0.1) is 18.7 Å². The van der Waals surface area contributed by atoms with Crippen molar-refractivity contribution < 1.29 is 9.18 Å². The van der Waals surface area contributed by atoms with Crippen molar-refractivity contribution >= 4 is 16.8 Å². The summed E-state index contributed by atoms with van der Waals surface area (Å²) in [5, 5.41) is 8.17. The predicted molar refractivity (Wildman–Crippen MR) is 140 cm³/mol. The van der Waals surface area contributed by atoms with E-state index in [1.54, 1.807) is 12.1 Å². The zero-order valence-electron chi connectivity index (χ0n) is 20.9. The molecule has 35 heavy (non-hydrogen) atoms. The molecular weight excluding hydrogens is 439 g/mol. The van der Waals surface area contributed by atoms with Crippen molar-refractivity contribution in [2.45, 2.75) is 53.0 Å². The third kappa shape index (κ3) is 5.99. The summed E-state index contributed by atoms with van der Waals surface area (Å²) in [6, 6.07) is 15.2. The molecule has 0 bridgehead atoms. The van der Waals surface area contributed by atoms with E-state index in [0.717, 1.165) is 42.6 Å². The molecule has 0 aliphatic rings. The second-order valence-electron chi connectivity index (χ2n) is 9.37. The molecule has 0 aliphatic carbocycles. The van der Waals surface area contributed by atoms with Crippen molar-refractivity contribution in [3.05, 3.63) is 78.0 Å². The number of carbonyl (C=O) groups is 1. The number of amides is 1. The number of nitrogens with one attached hydrogen (secondary N) is 1. The van der Waals surface area contributed by atoms with Gasteiger partial charge in [-0.05, 0) is 74.1 Å². The maximum Gasteiger partial charge on any atom is 0.222 e. The number of aryl methyl sites for hydroxylation is 2. The SMILES string of the molecule is CCCC(CN(CC)C(=O)CCc1ccc(F)cc1)Cn1c(C)cc2cc(-c3cn[nH]c3)ccc21. The number of nitrogens with zero attached hydrogens (tertiary/aromatic N) is 3. The minimum absolute atomic E-state index is 0.164. The summed E-state index contributed by atoms with van der Waals surface area (Å²) in [5.74, 6) is 0.289. The van der Waals surface area contributed by atoms with Crippen molar-refractivity contribution in [1.29, 1.82) is 0 Å². The standard InChI is InChI=1S/C29H35FN4O/c1-4-6-23(19-33(5-2)29(35)14-9-22-7-11-27(30)12-8-22)20-34-21(3)15-25-16-24(10-13-28(25)34)26-17-31-32-18-26/h7-8,10-13,15-18,23H,4-6,9,14,19-20H2,1-3H3,(H,31,32). The number of rotatable bonds is 11. The van der Waals surface area contributed by atoms with Crippen LogP contribution in [0.25, 0.3) is 22.0 Å². The Morgan fingerprint density at radius 1 is 1.11 bits per heavy atom. The van der Waals surface area contributed by atoms with Crippen LogP contribution in [0.2, 0.25) is 0 Å². The van der Waals surface area contributed by atoms with Crippen LogP contribution in [-0.2, 0) is 17.8 Å². The first kappa shape index (κ1) is 24.7. The fourth-order valence-corrected chi connectivity index (χ4v) is 4.93. The van der Waals surface area contributed by atoms with E-state index in [1.807, 2.05) is 24.2 Å². The summed E-state index contributed by atoms with van der Waals surface area (Å²) in [6.07, 6.45) is 6.97. The molecule has 0 saturated carbocycles. The van der Waals surface area contributed by atoms with Gasteiger partial charge in [-0.25, -0.2) is 4.39 Å². The van der Waals surface area contributed by atoms with Crippen LogP contribution >= 0.6 is 0 Å². The molecule has 5 nitrogen and oxygen atoms in total. The molecule has 2 aromatic heterocycles. The monoisotopic (exact) mass is 474 g/mol. The number of benzene rings is 2. The normalized spacial score (nSPS) is 12.2. The first-order valence-electron chi connectivity index (χ1n) is 12.6. The van der Waals surface area contributed by atoms with Crippen LogP contribution in [-0.4, -0.2) is 38.7 Å². The number of halogens is 1. The number of H-pyrrole nitrogens is 1. The number of hydrogen-bond acceptors (Lipinski definition) is 2. The zero-order valence-corrected chi connectivity index (χ0v) is 20.9. The second-order valence-corrected chi connectivity index (χ2v) is 9.37. The van der Waals surface area contributed by atoms with E-state index in [2.05, 4.69) is 52.9 Å². The lowest BCUT2D eigenvalue weighted by molar-refractivity contribution is -0.131. The summed E-state index contributed by atoms with van der Waals surface area (Å²) in [5.41, 5.74) is 5.68. The van der Waals surface area contributed by atoms with E-state index in [0.29, 0.717) is 25.3 Å². The lowest BCUT2D eigenvalue weighted by atomic mass is 10.0. The third-order valence-corrected chi connectivity index (χ3v) is 6.83. The van der Waals surface area contributed by atoms with Gasteiger partial charge in [-0.3, -0.25) is 9.89 Å². The first-order valence-corrected chi connectivity index (χ1v) is 12.6. The summed E-state index contributed by atoms with van der Waals surface area (Å²) in [6.45, 7) is 8.74. The van der Waals surface area contributed by atoms with E-state index in [-0.39, 0.29) is 11.7 Å². The summed E-state index contributed by atoms with van der Waals surface area (Å²) in [7, 11) is 0. The molecule has 1 unspecified atom stereocenters. The van der Waals surface area contributed by atoms with E-state index in [9.17, 15) is 9.18 Å². The van der Waals surface area contributed by atoms with Gasteiger partial charge in [0.1, 0.15) is 5.82 Å². The van der Waals surface area contributed by atoms with Crippen molar-refractivity contribution in [2.24, 2.45) is 5.92 Å². The number of carbonyl (C=O) groups excluding carboxylic acids is 1. The Kier molecular flexibility index (Phi) is 8.01. The molecule has 4 aromatic rings. The molecule has 184 valence electrons. The molecule has 0 spiro atoms. The van der Waals surface area contributed by atoms with Gasteiger partial charge in [-0.15, -0.1) is 0 Å². The summed E-state index contributed by atoms with van der Waals surface area (Å²) < 4.78 is 15.6. The summed E-state index contributed by atoms with van der Waals surface area (Å²) in [4.78, 5) is 15.0. The quantitative estimate of drug-likeness (QED) is 0.274. The molecule has 0 aliphatic heterocycles. The van der Waals surface area contributed by atoms with Gasteiger partial charge in [-0.1, -0.05) is 31.5 Å². The van der Waals surface area contributed by atoms with Gasteiger partial charge in [0.2, 0.25) is 5.91 Å². The Morgan fingerprint density at radius 2 is 1.91 bits per heavy atom. The van der Waals surface area contributed by atoms with Crippen molar-refractivity contribution in [3.63, 3.8) is 0 Å². The van der Waals surface area contributed by atoms with Gasteiger partial charge in [0, 0.05) is 54.4 Å². The van der Waals surface area contributed by atoms with E-state index >= 15 is 0 Å². The minimum atomic E-state index is -0.247. The van der Waals surface area contributed by atoms with Gasteiger partial charge in [-0.2, -0.15) is 5.10 Å². The average molecular weight is 475 g/mol. The molecule has 0 saturated heterocycles. The van der Waals surface area contributed by atoms with E-state index in [1.165, 1.54) is 28.7 Å². The van der Waals surface area contributed by atoms with E-state index in [4.69, 9.17) is 0 Å². The lowest BCUT2D eigenvalue weighted by Gasteiger charge is -2.28. The molecular formula is C29H35FN4O. The fourth-order valence-electron chi connectivity index (χ4n) is 4.93. The molecule has 1 N–H and O–H groups in total. The summed E-state index contributed by atoms with van der Waals surface area (Å²) >= 11 is 0. The van der Waals surface area contributed by atoms with Crippen LogP contribution in [0.1, 0.15) is 44.4 Å². The molecule has 6 heteroatoms. The van der Waals surface area contributed by atoms with Crippen molar-refractivity contribution in [3.8, 4) is 11.1 Å². The van der Waals surface area contributed by atoms with Gasteiger partial charge in [0.15, 0.2) is 0 Å². The Bertz CT molecular complexity index is 1240. The average Bonchev–Trinajstić information content (AvgIpc) is 3.50. The van der Waals surface area contributed by atoms with Crippen molar-refractivity contribution in [2.75, 3.05) is 13.1 Å². The Hall–Kier alpha value is -3.41. The molecule has 1 atom stereocenters. The molecule has 1 amide bonds. The van der Waals surface area contributed by atoms with Crippen LogP contribution < -0.4 is 0 Å². The van der Waals surface area contributed by atoms with Crippen molar-refractivity contribution in [1.82, 2.24) is 19.7 Å². The van der Waals surface area contributed by atoms with Crippen LogP contribution in [0.15, 0.2) is 60.9 Å². The molecule has 0 radical (unpaired) electrons. The Morgan fingerprint density at radius 3 is 2.60 bits per heavy atom. The third-order valence-electron chi connectivity index (χ3n) is 6.83. The fraction of sp³-hybridized carbons (Fsp3) is 0.379. The number of aromatic nitrogens is 3. The highest BCUT2D eigenvalue weighted by Gasteiger charge is 2.19. The van der Waals surface area contributed by atoms with E-state index < -0.39 is 0 Å². The van der Waals surface area contributed by atoms with Gasteiger partial charge in [0.25, 0.3) is 0 Å². The van der Waals surface area contributed by atoms with Gasteiger partial charge >= 0.3 is 0 Å². The molecule has 2 heterocycles. The second kappa shape index (κ2) is 11.3. The maximum absolute atomic E-state index is 13.2. The largest absolute Gasteiger partial charge is 0.345 e. The smallest absolute Gasteiger partial charge is 0.222 e. The zero-order chi connectivity index (χ0) is 24.8. The van der Waals surface area contributed by atoms with Crippen LogP contribution in [0.4, 0.5) is 4.39 Å². The highest BCUT2D eigenvalue weighted by Crippen LogP contribution is 2.28. The predicted octanol–water partition coefficient (Wildman–Crippen LogP) is 6.38. The van der Waals surface area contributed by atoms with Crippen LogP contribution in [0.5, 0.6) is 0 Å². The topological polar surface area (TPSA) is 53.9 Å². The number of aromatic amines is 1. The molecule has 2 aromatic carbocycles. The highest BCUT2D eigenvalue weighted by atomic mass is 19.1.